The lowest BCUT2D eigenvalue weighted by atomic mass is 10.2. The van der Waals surface area contributed by atoms with E-state index in [2.05, 4.69) is 5.32 Å². The molecular formula is C11H15NO5. The Labute approximate surface area is 98.6 Å². The number of furan rings is 1. The molecule has 0 aliphatic heterocycles. The maximum absolute atomic E-state index is 11.6. The van der Waals surface area contributed by atoms with E-state index in [1.807, 2.05) is 0 Å². The largest absolute Gasteiger partial charge is 0.481 e. The highest BCUT2D eigenvalue weighted by Gasteiger charge is 2.15. The van der Waals surface area contributed by atoms with Gasteiger partial charge in [-0.2, -0.15) is 0 Å². The van der Waals surface area contributed by atoms with Crippen LogP contribution in [0.4, 0.5) is 0 Å². The van der Waals surface area contributed by atoms with Crippen molar-refractivity contribution in [3.05, 3.63) is 23.7 Å². The molecule has 1 unspecified atom stereocenters. The summed E-state index contributed by atoms with van der Waals surface area (Å²) >= 11 is 0. The molecule has 0 fully saturated rings. The van der Waals surface area contributed by atoms with Gasteiger partial charge in [0.25, 0.3) is 5.91 Å². The lowest BCUT2D eigenvalue weighted by Gasteiger charge is -2.13. The summed E-state index contributed by atoms with van der Waals surface area (Å²) in [5.74, 6) is -0.512. The number of methoxy groups -OCH3 is 1. The van der Waals surface area contributed by atoms with Crippen molar-refractivity contribution in [3.8, 4) is 0 Å². The fourth-order valence-corrected chi connectivity index (χ4v) is 1.28. The molecule has 0 aliphatic rings. The zero-order chi connectivity index (χ0) is 12.8. The van der Waals surface area contributed by atoms with Crippen LogP contribution in [0.25, 0.3) is 0 Å². The normalized spacial score (nSPS) is 12.1. The summed E-state index contributed by atoms with van der Waals surface area (Å²) in [6, 6.07) is 3.24. The molecule has 17 heavy (non-hydrogen) atoms. The minimum atomic E-state index is -0.972. The molecule has 0 saturated carbocycles. The minimum absolute atomic E-state index is 0.126. The highest BCUT2D eigenvalue weighted by Crippen LogP contribution is 2.06. The number of nitrogens with one attached hydrogen (secondary N) is 1. The van der Waals surface area contributed by atoms with Gasteiger partial charge in [-0.15, -0.1) is 0 Å². The van der Waals surface area contributed by atoms with Crippen molar-refractivity contribution in [2.45, 2.75) is 19.4 Å². The number of carbonyl (C=O) groups excluding carboxylic acids is 1. The fourth-order valence-electron chi connectivity index (χ4n) is 1.28. The molecule has 1 atom stereocenters. The number of rotatable bonds is 6. The lowest BCUT2D eigenvalue weighted by molar-refractivity contribution is -0.139. The zero-order valence-electron chi connectivity index (χ0n) is 9.73. The van der Waals surface area contributed by atoms with Gasteiger partial charge >= 0.3 is 5.97 Å². The first kappa shape index (κ1) is 13.2. The number of carbonyl (C=O) groups is 2. The van der Waals surface area contributed by atoms with Crippen LogP contribution in [0.5, 0.6) is 0 Å². The summed E-state index contributed by atoms with van der Waals surface area (Å²) in [6.45, 7) is 1.86. The van der Waals surface area contributed by atoms with Gasteiger partial charge in [-0.1, -0.05) is 0 Å². The molecule has 2 N–H and O–H groups in total. The van der Waals surface area contributed by atoms with Crippen LogP contribution in [0.3, 0.4) is 0 Å². The number of ether oxygens (including phenoxy) is 1. The molecular weight excluding hydrogens is 226 g/mol. The van der Waals surface area contributed by atoms with E-state index in [0.717, 1.165) is 0 Å². The SMILES string of the molecule is COC(CNC(=O)c1ccc(C)o1)CC(=O)O. The predicted octanol–water partition coefficient (Wildman–Crippen LogP) is 0.808. The summed E-state index contributed by atoms with van der Waals surface area (Å²) in [7, 11) is 1.40. The van der Waals surface area contributed by atoms with Crippen LogP contribution in [-0.4, -0.2) is 36.7 Å². The molecule has 1 aromatic rings. The van der Waals surface area contributed by atoms with Crippen molar-refractivity contribution in [3.63, 3.8) is 0 Å². The van der Waals surface area contributed by atoms with Gasteiger partial charge in [0.15, 0.2) is 5.76 Å². The van der Waals surface area contributed by atoms with E-state index >= 15 is 0 Å². The predicted molar refractivity (Wildman–Crippen MR) is 58.8 cm³/mol. The number of hydrogen-bond donors (Lipinski definition) is 2. The van der Waals surface area contributed by atoms with Crippen molar-refractivity contribution in [2.75, 3.05) is 13.7 Å². The maximum Gasteiger partial charge on any atom is 0.306 e. The van der Waals surface area contributed by atoms with Gasteiger partial charge in [0, 0.05) is 13.7 Å². The second-order valence-corrected chi connectivity index (χ2v) is 3.58. The monoisotopic (exact) mass is 241 g/mol. The lowest BCUT2D eigenvalue weighted by Crippen LogP contribution is -2.34. The maximum atomic E-state index is 11.6. The highest BCUT2D eigenvalue weighted by atomic mass is 16.5. The minimum Gasteiger partial charge on any atom is -0.481 e. The molecule has 0 bridgehead atoms. The second kappa shape index (κ2) is 6.05. The van der Waals surface area contributed by atoms with Crippen LogP contribution in [0.15, 0.2) is 16.5 Å². The van der Waals surface area contributed by atoms with Crippen molar-refractivity contribution in [1.29, 1.82) is 0 Å². The van der Waals surface area contributed by atoms with Crippen LogP contribution in [0, 0.1) is 6.92 Å². The van der Waals surface area contributed by atoms with Gasteiger partial charge in [-0.05, 0) is 19.1 Å². The molecule has 0 spiro atoms. The van der Waals surface area contributed by atoms with Crippen LogP contribution in [-0.2, 0) is 9.53 Å². The molecule has 1 heterocycles. The third-order valence-electron chi connectivity index (χ3n) is 2.19. The van der Waals surface area contributed by atoms with E-state index in [9.17, 15) is 9.59 Å². The molecule has 6 heteroatoms. The highest BCUT2D eigenvalue weighted by molar-refractivity contribution is 5.91. The number of aliphatic carboxylic acids is 1. The number of hydrogen-bond acceptors (Lipinski definition) is 4. The quantitative estimate of drug-likeness (QED) is 0.769. The van der Waals surface area contributed by atoms with E-state index in [1.165, 1.54) is 7.11 Å². The third-order valence-corrected chi connectivity index (χ3v) is 2.19. The molecule has 0 aromatic carbocycles. The Balaban J connectivity index is 2.44. The van der Waals surface area contributed by atoms with E-state index in [4.69, 9.17) is 14.3 Å². The first-order chi connectivity index (χ1) is 8.02. The van der Waals surface area contributed by atoms with Crippen molar-refractivity contribution >= 4 is 11.9 Å². The Bertz CT molecular complexity index is 398. The summed E-state index contributed by atoms with van der Waals surface area (Å²) < 4.78 is 10.0. The van der Waals surface area contributed by atoms with Crippen LogP contribution < -0.4 is 5.32 Å². The van der Waals surface area contributed by atoms with Crippen molar-refractivity contribution in [2.24, 2.45) is 0 Å². The smallest absolute Gasteiger partial charge is 0.306 e. The molecule has 1 amide bonds. The summed E-state index contributed by atoms with van der Waals surface area (Å²) in [5, 5.41) is 11.1. The molecule has 1 rings (SSSR count). The first-order valence-corrected chi connectivity index (χ1v) is 5.12. The Morgan fingerprint density at radius 2 is 2.24 bits per heavy atom. The summed E-state index contributed by atoms with van der Waals surface area (Å²) in [6.07, 6.45) is -0.707. The van der Waals surface area contributed by atoms with Crippen molar-refractivity contribution in [1.82, 2.24) is 5.32 Å². The van der Waals surface area contributed by atoms with E-state index < -0.39 is 12.1 Å². The number of aryl methyl sites for hydroxylation is 1. The Hall–Kier alpha value is -1.82. The van der Waals surface area contributed by atoms with Gasteiger partial charge < -0.3 is 19.6 Å². The molecule has 1 aromatic heterocycles. The van der Waals surface area contributed by atoms with Crippen LogP contribution in [0.1, 0.15) is 22.7 Å². The van der Waals surface area contributed by atoms with Gasteiger partial charge in [0.2, 0.25) is 0 Å². The number of amides is 1. The first-order valence-electron chi connectivity index (χ1n) is 5.12. The van der Waals surface area contributed by atoms with E-state index in [0.29, 0.717) is 5.76 Å². The second-order valence-electron chi connectivity index (χ2n) is 3.58. The van der Waals surface area contributed by atoms with Gasteiger partial charge in [0.1, 0.15) is 5.76 Å². The Morgan fingerprint density at radius 3 is 2.71 bits per heavy atom. The topological polar surface area (TPSA) is 88.8 Å². The van der Waals surface area contributed by atoms with Crippen LogP contribution in [0.2, 0.25) is 0 Å². The van der Waals surface area contributed by atoms with Gasteiger partial charge in [-0.25, -0.2) is 0 Å². The molecule has 6 nitrogen and oxygen atoms in total. The molecule has 0 aliphatic carbocycles. The Morgan fingerprint density at radius 1 is 1.53 bits per heavy atom. The average Bonchev–Trinajstić information content (AvgIpc) is 2.70. The molecule has 94 valence electrons. The summed E-state index contributed by atoms with van der Waals surface area (Å²) in [5.41, 5.74) is 0. The third kappa shape index (κ3) is 4.28. The van der Waals surface area contributed by atoms with Gasteiger partial charge in [-0.3, -0.25) is 9.59 Å². The van der Waals surface area contributed by atoms with Crippen LogP contribution >= 0.6 is 0 Å². The Kier molecular flexibility index (Phi) is 4.71. The number of carboxylic acid groups (broad SMARTS) is 1. The fraction of sp³-hybridized carbons (Fsp3) is 0.455. The van der Waals surface area contributed by atoms with E-state index in [-0.39, 0.29) is 24.6 Å². The average molecular weight is 241 g/mol. The zero-order valence-corrected chi connectivity index (χ0v) is 9.73. The summed E-state index contributed by atoms with van der Waals surface area (Å²) in [4.78, 5) is 22.0. The van der Waals surface area contributed by atoms with Gasteiger partial charge in [0.05, 0.1) is 12.5 Å². The molecule has 0 radical (unpaired) electrons. The molecule has 0 saturated heterocycles. The van der Waals surface area contributed by atoms with E-state index in [1.54, 1.807) is 19.1 Å². The van der Waals surface area contributed by atoms with Crippen molar-refractivity contribution < 1.29 is 23.8 Å². The number of carboxylic acids is 1. The standard InChI is InChI=1S/C11H15NO5/c1-7-3-4-9(17-7)11(15)12-6-8(16-2)5-10(13)14/h3-4,8H,5-6H2,1-2H3,(H,12,15)(H,13,14).